The number of aliphatic hydroxyl groups is 2. The van der Waals surface area contributed by atoms with Crippen molar-refractivity contribution in [2.24, 2.45) is 0 Å². The quantitative estimate of drug-likeness (QED) is 0.251. The summed E-state index contributed by atoms with van der Waals surface area (Å²) in [5.41, 5.74) is 0.227. The summed E-state index contributed by atoms with van der Waals surface area (Å²) in [6.07, 6.45) is 0.205. The molecule has 1 aliphatic heterocycles. The average molecular weight is 444 g/mol. The largest absolute Gasteiger partial charge is 0.394 e. The van der Waals surface area contributed by atoms with E-state index in [1.54, 1.807) is 13.0 Å². The van der Waals surface area contributed by atoms with Gasteiger partial charge in [-0.05, 0) is 19.4 Å². The first kappa shape index (κ1) is 22.0. The van der Waals surface area contributed by atoms with Gasteiger partial charge in [-0.25, -0.2) is 23.1 Å². The molecule has 1 saturated heterocycles. The van der Waals surface area contributed by atoms with E-state index >= 15 is 0 Å². The smallest absolute Gasteiger partial charge is 0.191 e. The van der Waals surface area contributed by atoms with Gasteiger partial charge in [0.25, 0.3) is 0 Å². The molecule has 2 atom stereocenters. The van der Waals surface area contributed by atoms with Gasteiger partial charge in [0.05, 0.1) is 18.8 Å². The van der Waals surface area contributed by atoms with Crippen LogP contribution in [-0.4, -0.2) is 56.3 Å². The second-order valence-corrected chi connectivity index (χ2v) is 8.43. The lowest BCUT2D eigenvalue weighted by Crippen LogP contribution is -2.33. The summed E-state index contributed by atoms with van der Waals surface area (Å²) in [5.74, 6) is -0.595. The van der Waals surface area contributed by atoms with Gasteiger partial charge in [-0.3, -0.25) is 0 Å². The number of aromatic nitrogens is 2. The maximum atomic E-state index is 13.9. The van der Waals surface area contributed by atoms with Crippen molar-refractivity contribution >= 4 is 35.5 Å². The van der Waals surface area contributed by atoms with E-state index in [-0.39, 0.29) is 17.9 Å². The number of rotatable bonds is 10. The Morgan fingerprint density at radius 3 is 2.69 bits per heavy atom. The van der Waals surface area contributed by atoms with E-state index in [2.05, 4.69) is 24.3 Å². The molecule has 1 fully saturated rings. The molecule has 158 valence electrons. The molecular formula is C18H23F2N5O2S2. The molecule has 1 aliphatic rings. The van der Waals surface area contributed by atoms with Crippen molar-refractivity contribution in [2.45, 2.75) is 36.4 Å². The highest BCUT2D eigenvalue weighted by molar-refractivity contribution is 7.98. The van der Waals surface area contributed by atoms with Gasteiger partial charge in [0, 0.05) is 42.6 Å². The van der Waals surface area contributed by atoms with Crippen molar-refractivity contribution in [3.05, 3.63) is 41.5 Å². The number of thioether (sulfide) groups is 1. The van der Waals surface area contributed by atoms with E-state index in [4.69, 9.17) is 5.11 Å². The van der Waals surface area contributed by atoms with Crippen LogP contribution in [0.1, 0.15) is 18.9 Å². The standard InChI is InChI=1S/C18H23F2N5O2S2/c1-11(14(27)9-26)21-15-8-16(24-29-25-6-3-7-25)23-18(22-15)28-10-12-4-2-5-13(19)17(12)20/h2,4-5,8,11,14,26-27H,3,6-7,9-10H2,1H3,(H2,21,22,23,24)/t11-,14?/m1/s1. The number of anilines is 2. The van der Waals surface area contributed by atoms with E-state index in [0.717, 1.165) is 25.6 Å². The van der Waals surface area contributed by atoms with E-state index in [0.29, 0.717) is 16.8 Å². The second-order valence-electron chi connectivity index (χ2n) is 6.58. The normalized spacial score (nSPS) is 16.2. The highest BCUT2D eigenvalue weighted by atomic mass is 32.2. The van der Waals surface area contributed by atoms with Crippen LogP contribution in [0.4, 0.5) is 20.4 Å². The van der Waals surface area contributed by atoms with Gasteiger partial charge < -0.3 is 20.3 Å². The second kappa shape index (κ2) is 10.4. The molecule has 1 aromatic carbocycles. The molecule has 0 radical (unpaired) electrons. The van der Waals surface area contributed by atoms with Gasteiger partial charge in [0.15, 0.2) is 16.8 Å². The predicted molar refractivity (Wildman–Crippen MR) is 112 cm³/mol. The van der Waals surface area contributed by atoms with Crippen LogP contribution >= 0.6 is 23.9 Å². The van der Waals surface area contributed by atoms with Crippen LogP contribution in [0.2, 0.25) is 0 Å². The molecule has 0 saturated carbocycles. The van der Waals surface area contributed by atoms with Gasteiger partial charge in [-0.15, -0.1) is 0 Å². The maximum Gasteiger partial charge on any atom is 0.191 e. The number of nitrogens with one attached hydrogen (secondary N) is 2. The Hall–Kier alpha value is -1.66. The molecule has 0 amide bonds. The predicted octanol–water partition coefficient (Wildman–Crippen LogP) is 2.88. The fourth-order valence-electron chi connectivity index (χ4n) is 2.40. The fraction of sp³-hybridized carbons (Fsp3) is 0.444. The first-order valence-electron chi connectivity index (χ1n) is 9.14. The third kappa shape index (κ3) is 6.16. The van der Waals surface area contributed by atoms with E-state index in [1.165, 1.54) is 36.0 Å². The van der Waals surface area contributed by atoms with Gasteiger partial charge in [0.1, 0.15) is 11.6 Å². The third-order valence-corrected chi connectivity index (χ3v) is 6.15. The lowest BCUT2D eigenvalue weighted by molar-refractivity contribution is 0.0837. The van der Waals surface area contributed by atoms with Crippen LogP contribution < -0.4 is 10.0 Å². The minimum Gasteiger partial charge on any atom is -0.394 e. The Balaban J connectivity index is 1.74. The van der Waals surface area contributed by atoms with Crippen molar-refractivity contribution in [2.75, 3.05) is 29.7 Å². The van der Waals surface area contributed by atoms with E-state index in [9.17, 15) is 13.9 Å². The molecule has 2 heterocycles. The van der Waals surface area contributed by atoms with Gasteiger partial charge >= 0.3 is 0 Å². The summed E-state index contributed by atoms with van der Waals surface area (Å²) in [5, 5.41) is 22.3. The summed E-state index contributed by atoms with van der Waals surface area (Å²) in [6, 6.07) is 5.31. The number of hydrogen-bond donors (Lipinski definition) is 4. The van der Waals surface area contributed by atoms with Crippen LogP contribution in [-0.2, 0) is 5.75 Å². The number of benzene rings is 1. The third-order valence-electron chi connectivity index (χ3n) is 4.33. The molecule has 4 N–H and O–H groups in total. The Morgan fingerprint density at radius 1 is 1.24 bits per heavy atom. The molecule has 0 spiro atoms. The van der Waals surface area contributed by atoms with Crippen molar-refractivity contribution in [3.63, 3.8) is 0 Å². The maximum absolute atomic E-state index is 13.9. The zero-order valence-corrected chi connectivity index (χ0v) is 17.4. The molecular weight excluding hydrogens is 420 g/mol. The summed E-state index contributed by atoms with van der Waals surface area (Å²) in [7, 11) is 0. The van der Waals surface area contributed by atoms with Crippen molar-refractivity contribution < 1.29 is 19.0 Å². The van der Waals surface area contributed by atoms with Gasteiger partial charge in [-0.1, -0.05) is 23.9 Å². The van der Waals surface area contributed by atoms with Crippen LogP contribution in [0.15, 0.2) is 29.4 Å². The molecule has 11 heteroatoms. The summed E-state index contributed by atoms with van der Waals surface area (Å²) < 4.78 is 32.6. The van der Waals surface area contributed by atoms with Crippen LogP contribution in [0, 0.1) is 11.6 Å². The van der Waals surface area contributed by atoms with Crippen molar-refractivity contribution in [1.29, 1.82) is 0 Å². The highest BCUT2D eigenvalue weighted by Gasteiger charge is 2.17. The number of aliphatic hydroxyl groups excluding tert-OH is 2. The Bertz CT molecular complexity index is 829. The molecule has 1 unspecified atom stereocenters. The Labute approximate surface area is 176 Å². The molecule has 0 aliphatic carbocycles. The van der Waals surface area contributed by atoms with Gasteiger partial charge in [0.2, 0.25) is 0 Å². The van der Waals surface area contributed by atoms with E-state index in [1.807, 2.05) is 0 Å². The monoisotopic (exact) mass is 443 g/mol. The first-order chi connectivity index (χ1) is 14.0. The molecule has 0 bridgehead atoms. The van der Waals surface area contributed by atoms with Crippen LogP contribution in [0.5, 0.6) is 0 Å². The van der Waals surface area contributed by atoms with Crippen molar-refractivity contribution in [1.82, 2.24) is 14.3 Å². The molecule has 3 rings (SSSR count). The average Bonchev–Trinajstić information content (AvgIpc) is 2.67. The molecule has 7 nitrogen and oxygen atoms in total. The molecule has 1 aromatic heterocycles. The number of nitrogens with zero attached hydrogens (tertiary/aromatic N) is 3. The SMILES string of the molecule is C[C@@H](Nc1cc(NSN2CCC2)nc(SCc2cccc(F)c2F)n1)C(O)CO. The fourth-order valence-corrected chi connectivity index (χ4v) is 4.00. The van der Waals surface area contributed by atoms with Gasteiger partial charge in [-0.2, -0.15) is 0 Å². The first-order valence-corrected chi connectivity index (χ1v) is 10.9. The summed E-state index contributed by atoms with van der Waals surface area (Å²) in [6.45, 7) is 3.33. The highest BCUT2D eigenvalue weighted by Crippen LogP contribution is 2.27. The molecule has 2 aromatic rings. The zero-order valence-electron chi connectivity index (χ0n) is 15.8. The minimum atomic E-state index is -0.950. The lowest BCUT2D eigenvalue weighted by Gasteiger charge is -2.28. The summed E-state index contributed by atoms with van der Waals surface area (Å²) in [4.78, 5) is 8.82. The van der Waals surface area contributed by atoms with Crippen LogP contribution in [0.3, 0.4) is 0 Å². The molecule has 29 heavy (non-hydrogen) atoms. The number of halogens is 2. The Morgan fingerprint density at radius 2 is 2.00 bits per heavy atom. The van der Waals surface area contributed by atoms with Crippen molar-refractivity contribution in [3.8, 4) is 0 Å². The lowest BCUT2D eigenvalue weighted by atomic mass is 10.2. The topological polar surface area (TPSA) is 93.5 Å². The van der Waals surface area contributed by atoms with Crippen LogP contribution in [0.25, 0.3) is 0 Å². The zero-order chi connectivity index (χ0) is 20.8. The summed E-state index contributed by atoms with van der Waals surface area (Å²) >= 11 is 2.62. The Kier molecular flexibility index (Phi) is 7.90. The minimum absolute atomic E-state index is 0.167. The number of hydrogen-bond acceptors (Lipinski definition) is 9. The van der Waals surface area contributed by atoms with E-state index < -0.39 is 23.8 Å².